The van der Waals surface area contributed by atoms with Gasteiger partial charge in [0.2, 0.25) is 0 Å². The van der Waals surface area contributed by atoms with Gasteiger partial charge in [0.25, 0.3) is 0 Å². The van der Waals surface area contributed by atoms with Crippen LogP contribution in [0.4, 0.5) is 0 Å². The summed E-state index contributed by atoms with van der Waals surface area (Å²) in [6.07, 6.45) is 1.65. The lowest BCUT2D eigenvalue weighted by molar-refractivity contribution is 0.125. The van der Waals surface area contributed by atoms with Gasteiger partial charge in [0.1, 0.15) is 6.26 Å². The Labute approximate surface area is 175 Å². The zero-order valence-electron chi connectivity index (χ0n) is 18.5. The Hall–Kier alpha value is -1.64. The van der Waals surface area contributed by atoms with Crippen molar-refractivity contribution in [2.75, 3.05) is 78.5 Å². The Morgan fingerprint density at radius 2 is 1.76 bits per heavy atom. The highest BCUT2D eigenvalue weighted by atomic mass is 16.5. The average molecular weight is 406 g/mol. The highest BCUT2D eigenvalue weighted by molar-refractivity contribution is 5.80. The molecular weight excluding hydrogens is 366 g/mol. The Kier molecular flexibility index (Phi) is 8.76. The van der Waals surface area contributed by atoms with E-state index in [0.29, 0.717) is 5.92 Å². The maximum Gasteiger partial charge on any atom is 0.194 e. The molecule has 1 unspecified atom stereocenters. The molecule has 0 aromatic carbocycles. The fourth-order valence-electron chi connectivity index (χ4n) is 4.12. The third kappa shape index (κ3) is 6.97. The molecule has 0 radical (unpaired) electrons. The van der Waals surface area contributed by atoms with Gasteiger partial charge >= 0.3 is 0 Å². The molecule has 1 aromatic heterocycles. The van der Waals surface area contributed by atoms with Crippen LogP contribution in [0.5, 0.6) is 0 Å². The molecule has 3 rings (SSSR count). The molecule has 0 spiro atoms. The number of nitrogens with zero attached hydrogens (tertiary/aromatic N) is 6. The van der Waals surface area contributed by atoms with Gasteiger partial charge in [-0.2, -0.15) is 0 Å². The predicted molar refractivity (Wildman–Crippen MR) is 117 cm³/mol. The highest BCUT2D eigenvalue weighted by Gasteiger charge is 2.21. The predicted octanol–water partition coefficient (Wildman–Crippen LogP) is 1.03. The number of likely N-dealkylation sites (N-methyl/N-ethyl adjacent to an activating group) is 1. The van der Waals surface area contributed by atoms with E-state index in [1.54, 1.807) is 6.26 Å². The molecule has 2 aliphatic rings. The summed E-state index contributed by atoms with van der Waals surface area (Å²) in [5.74, 6) is 1.64. The first kappa shape index (κ1) is 22.1. The van der Waals surface area contributed by atoms with Crippen molar-refractivity contribution in [2.24, 2.45) is 10.9 Å². The Bertz CT molecular complexity index is 590. The van der Waals surface area contributed by atoms with Gasteiger partial charge in [-0.25, -0.2) is 0 Å². The molecule has 2 saturated heterocycles. The van der Waals surface area contributed by atoms with Crippen LogP contribution in [0.2, 0.25) is 0 Å². The molecular formula is C21H39N7O. The van der Waals surface area contributed by atoms with Crippen LogP contribution >= 0.6 is 0 Å². The lowest BCUT2D eigenvalue weighted by atomic mass is 10.1. The van der Waals surface area contributed by atoms with Gasteiger partial charge in [-0.3, -0.25) is 9.89 Å². The molecule has 164 valence electrons. The summed E-state index contributed by atoms with van der Waals surface area (Å²) in [6, 6.07) is 1.95. The van der Waals surface area contributed by atoms with Crippen molar-refractivity contribution in [3.63, 3.8) is 0 Å². The zero-order chi connectivity index (χ0) is 20.5. The van der Waals surface area contributed by atoms with E-state index in [1.165, 1.54) is 32.7 Å². The van der Waals surface area contributed by atoms with E-state index in [9.17, 15) is 0 Å². The third-order valence-electron chi connectivity index (χ3n) is 5.92. The van der Waals surface area contributed by atoms with Gasteiger partial charge in [-0.1, -0.05) is 19.0 Å². The lowest BCUT2D eigenvalue weighted by Gasteiger charge is -2.36. The first-order chi connectivity index (χ1) is 14.2. The van der Waals surface area contributed by atoms with Gasteiger partial charge in [0.05, 0.1) is 5.69 Å². The minimum Gasteiger partial charge on any atom is -0.364 e. The van der Waals surface area contributed by atoms with E-state index < -0.39 is 0 Å². The molecule has 0 aliphatic carbocycles. The fraction of sp³-hybridized carbons (Fsp3) is 0.810. The van der Waals surface area contributed by atoms with Crippen LogP contribution in [0.1, 0.15) is 26.5 Å². The van der Waals surface area contributed by atoms with Crippen LogP contribution in [0, 0.1) is 5.92 Å². The molecule has 1 atom stereocenters. The molecule has 8 heteroatoms. The topological polar surface area (TPSA) is 63.4 Å². The summed E-state index contributed by atoms with van der Waals surface area (Å²) in [5.41, 5.74) is 1.01. The Balaban J connectivity index is 1.43. The van der Waals surface area contributed by atoms with Crippen molar-refractivity contribution in [3.8, 4) is 0 Å². The molecule has 1 N–H and O–H groups in total. The second kappa shape index (κ2) is 11.5. The number of aliphatic imine (C=N–C) groups is 1. The second-order valence-corrected chi connectivity index (χ2v) is 8.29. The molecule has 0 amide bonds. The molecule has 29 heavy (non-hydrogen) atoms. The summed E-state index contributed by atoms with van der Waals surface area (Å²) in [4.78, 5) is 14.9. The van der Waals surface area contributed by atoms with E-state index in [2.05, 4.69) is 50.8 Å². The minimum atomic E-state index is 0.574. The number of nitrogens with one attached hydrogen (secondary N) is 1. The smallest absolute Gasteiger partial charge is 0.194 e. The van der Waals surface area contributed by atoms with Gasteiger partial charge in [-0.05, 0) is 19.4 Å². The summed E-state index contributed by atoms with van der Waals surface area (Å²) in [6.45, 7) is 20.5. The summed E-state index contributed by atoms with van der Waals surface area (Å²) in [7, 11) is 0. The van der Waals surface area contributed by atoms with Gasteiger partial charge < -0.3 is 24.5 Å². The normalized spacial score (nSPS) is 21.5. The number of piperazine rings is 2. The van der Waals surface area contributed by atoms with Crippen molar-refractivity contribution >= 4 is 5.96 Å². The van der Waals surface area contributed by atoms with Crippen LogP contribution in [0.25, 0.3) is 0 Å². The van der Waals surface area contributed by atoms with E-state index in [0.717, 1.165) is 64.0 Å². The van der Waals surface area contributed by atoms with Gasteiger partial charge in [-0.15, -0.1) is 0 Å². The van der Waals surface area contributed by atoms with Gasteiger partial charge in [0.15, 0.2) is 5.96 Å². The Morgan fingerprint density at radius 1 is 1.07 bits per heavy atom. The largest absolute Gasteiger partial charge is 0.364 e. The van der Waals surface area contributed by atoms with Gasteiger partial charge in [0, 0.05) is 84.6 Å². The molecule has 1 aromatic rings. The van der Waals surface area contributed by atoms with Crippen LogP contribution in [-0.2, 0) is 6.54 Å². The van der Waals surface area contributed by atoms with E-state index in [1.807, 2.05) is 6.07 Å². The molecule has 2 fully saturated rings. The molecule has 0 saturated carbocycles. The van der Waals surface area contributed by atoms with E-state index in [-0.39, 0.29) is 0 Å². The van der Waals surface area contributed by atoms with E-state index >= 15 is 0 Å². The lowest BCUT2D eigenvalue weighted by Crippen LogP contribution is -2.52. The number of hydrogen-bond acceptors (Lipinski definition) is 6. The first-order valence-corrected chi connectivity index (χ1v) is 11.3. The standard InChI is InChI=1S/C21H39N7O/c1-4-22-21(23-16-19(3)17-26-9-7-25(5-2)8-10-26)28-13-11-27(12-14-28)18-20-6-15-29-24-20/h6,15,19H,4-5,7-14,16-18H2,1-3H3,(H,22,23). The third-order valence-corrected chi connectivity index (χ3v) is 5.92. The quantitative estimate of drug-likeness (QED) is 0.512. The summed E-state index contributed by atoms with van der Waals surface area (Å²) < 4.78 is 4.94. The fourth-order valence-corrected chi connectivity index (χ4v) is 4.12. The van der Waals surface area contributed by atoms with Crippen LogP contribution in [0.15, 0.2) is 21.8 Å². The maximum atomic E-state index is 4.98. The molecule has 3 heterocycles. The zero-order valence-corrected chi connectivity index (χ0v) is 18.5. The number of aromatic nitrogens is 1. The van der Waals surface area contributed by atoms with Crippen molar-refractivity contribution in [1.29, 1.82) is 0 Å². The summed E-state index contributed by atoms with van der Waals surface area (Å²) >= 11 is 0. The summed E-state index contributed by atoms with van der Waals surface area (Å²) in [5, 5.41) is 7.52. The monoisotopic (exact) mass is 405 g/mol. The number of rotatable bonds is 8. The molecule has 0 bridgehead atoms. The maximum absolute atomic E-state index is 4.98. The van der Waals surface area contributed by atoms with Crippen LogP contribution in [0.3, 0.4) is 0 Å². The van der Waals surface area contributed by atoms with Crippen molar-refractivity contribution in [2.45, 2.75) is 27.3 Å². The van der Waals surface area contributed by atoms with E-state index in [4.69, 9.17) is 9.52 Å². The van der Waals surface area contributed by atoms with Crippen molar-refractivity contribution in [3.05, 3.63) is 18.0 Å². The van der Waals surface area contributed by atoms with Crippen LogP contribution < -0.4 is 5.32 Å². The Morgan fingerprint density at radius 3 is 2.38 bits per heavy atom. The number of hydrogen-bond donors (Lipinski definition) is 1. The second-order valence-electron chi connectivity index (χ2n) is 8.29. The average Bonchev–Trinajstić information content (AvgIpc) is 3.25. The molecule has 2 aliphatic heterocycles. The number of guanidine groups is 1. The SMILES string of the molecule is CCNC(=NCC(C)CN1CCN(CC)CC1)N1CCN(Cc2ccon2)CC1. The van der Waals surface area contributed by atoms with Crippen molar-refractivity contribution < 1.29 is 4.52 Å². The minimum absolute atomic E-state index is 0.574. The molecule has 8 nitrogen and oxygen atoms in total. The van der Waals surface area contributed by atoms with Crippen LogP contribution in [-0.4, -0.2) is 109 Å². The highest BCUT2D eigenvalue weighted by Crippen LogP contribution is 2.09. The van der Waals surface area contributed by atoms with Crippen molar-refractivity contribution in [1.82, 2.24) is 30.1 Å². The first-order valence-electron chi connectivity index (χ1n) is 11.3.